The third-order valence-electron chi connectivity index (χ3n) is 2.93. The van der Waals surface area contributed by atoms with Crippen LogP contribution < -0.4 is 5.32 Å². The van der Waals surface area contributed by atoms with Gasteiger partial charge in [-0.3, -0.25) is 0 Å². The van der Waals surface area contributed by atoms with E-state index < -0.39 is 9.84 Å². The van der Waals surface area contributed by atoms with Crippen LogP contribution in [-0.4, -0.2) is 21.2 Å². The first-order chi connectivity index (χ1) is 9.41. The molecule has 1 aromatic heterocycles. The molecule has 6 heteroatoms. The van der Waals surface area contributed by atoms with E-state index in [1.807, 2.05) is 31.2 Å². The van der Waals surface area contributed by atoms with Crippen molar-refractivity contribution in [1.29, 1.82) is 0 Å². The zero-order valence-electron chi connectivity index (χ0n) is 11.3. The van der Waals surface area contributed by atoms with Gasteiger partial charge in [-0.1, -0.05) is 30.7 Å². The first-order valence-corrected chi connectivity index (χ1v) is 9.29. The summed E-state index contributed by atoms with van der Waals surface area (Å²) < 4.78 is 23.7. The molecule has 1 N–H and O–H groups in total. The third kappa shape index (κ3) is 3.61. The zero-order valence-corrected chi connectivity index (χ0v) is 13.6. The first-order valence-electron chi connectivity index (χ1n) is 6.20. The van der Waals surface area contributed by atoms with Crippen LogP contribution in [0.5, 0.6) is 0 Å². The molecule has 1 unspecified atom stereocenters. The molecule has 20 heavy (non-hydrogen) atoms. The molecule has 0 radical (unpaired) electrons. The van der Waals surface area contributed by atoms with Crippen LogP contribution in [-0.2, 0) is 9.84 Å². The average molecular weight is 330 g/mol. The molecule has 0 amide bonds. The topological polar surface area (TPSA) is 46.2 Å². The monoisotopic (exact) mass is 329 g/mol. The lowest BCUT2D eigenvalue weighted by molar-refractivity contribution is 0.601. The SMILES string of the molecule is CCNC(c1ccc(S(C)(=O)=O)cc1)c1ccc(Cl)s1. The molecule has 1 atom stereocenters. The lowest BCUT2D eigenvalue weighted by Crippen LogP contribution is -2.21. The summed E-state index contributed by atoms with van der Waals surface area (Å²) in [6, 6.07) is 10.9. The Kier molecular flexibility index (Phi) is 4.86. The molecule has 2 aromatic rings. The molecule has 0 bridgehead atoms. The van der Waals surface area contributed by atoms with Crippen LogP contribution in [0, 0.1) is 0 Å². The van der Waals surface area contributed by atoms with Gasteiger partial charge in [0.1, 0.15) is 0 Å². The minimum Gasteiger partial charge on any atom is -0.306 e. The van der Waals surface area contributed by atoms with Crippen molar-refractivity contribution in [3.63, 3.8) is 0 Å². The van der Waals surface area contributed by atoms with Crippen LogP contribution in [0.15, 0.2) is 41.3 Å². The smallest absolute Gasteiger partial charge is 0.175 e. The van der Waals surface area contributed by atoms with Crippen molar-refractivity contribution in [3.05, 3.63) is 51.2 Å². The standard InChI is InChI=1S/C14H16ClNO2S2/c1-3-16-14(12-8-9-13(15)19-12)10-4-6-11(7-5-10)20(2,17)18/h4-9,14,16H,3H2,1-2H3. The van der Waals surface area contributed by atoms with E-state index in [4.69, 9.17) is 11.6 Å². The first kappa shape index (κ1) is 15.5. The second-order valence-electron chi connectivity index (χ2n) is 4.47. The molecule has 1 heterocycles. The van der Waals surface area contributed by atoms with Gasteiger partial charge in [-0.15, -0.1) is 11.3 Å². The maximum Gasteiger partial charge on any atom is 0.175 e. The van der Waals surface area contributed by atoms with Crippen molar-refractivity contribution in [2.75, 3.05) is 12.8 Å². The van der Waals surface area contributed by atoms with E-state index in [-0.39, 0.29) is 6.04 Å². The number of hydrogen-bond donors (Lipinski definition) is 1. The summed E-state index contributed by atoms with van der Waals surface area (Å²) in [5.74, 6) is 0. The van der Waals surface area contributed by atoms with Crippen molar-refractivity contribution < 1.29 is 8.42 Å². The van der Waals surface area contributed by atoms with Gasteiger partial charge < -0.3 is 5.32 Å². The van der Waals surface area contributed by atoms with Gasteiger partial charge in [-0.2, -0.15) is 0 Å². The lowest BCUT2D eigenvalue weighted by Gasteiger charge is -2.17. The minimum absolute atomic E-state index is 0.0334. The van der Waals surface area contributed by atoms with Gasteiger partial charge in [-0.05, 0) is 36.4 Å². The van der Waals surface area contributed by atoms with Crippen molar-refractivity contribution in [2.45, 2.75) is 17.9 Å². The fourth-order valence-electron chi connectivity index (χ4n) is 1.98. The molecule has 2 rings (SSSR count). The highest BCUT2D eigenvalue weighted by Gasteiger charge is 2.16. The maximum atomic E-state index is 11.5. The molecule has 3 nitrogen and oxygen atoms in total. The summed E-state index contributed by atoms with van der Waals surface area (Å²) in [5.41, 5.74) is 1.03. The molecule has 0 spiro atoms. The fraction of sp³-hybridized carbons (Fsp3) is 0.286. The highest BCUT2D eigenvalue weighted by atomic mass is 35.5. The normalized spacial score (nSPS) is 13.3. The molecule has 0 aliphatic rings. The van der Waals surface area contributed by atoms with Gasteiger partial charge in [0.25, 0.3) is 0 Å². The Morgan fingerprint density at radius 3 is 2.30 bits per heavy atom. The van der Waals surface area contributed by atoms with E-state index in [1.54, 1.807) is 12.1 Å². The highest BCUT2D eigenvalue weighted by molar-refractivity contribution is 7.90. The Morgan fingerprint density at radius 1 is 1.20 bits per heavy atom. The number of nitrogens with one attached hydrogen (secondary N) is 1. The van der Waals surface area contributed by atoms with E-state index >= 15 is 0 Å². The van der Waals surface area contributed by atoms with E-state index in [1.165, 1.54) is 17.6 Å². The Morgan fingerprint density at radius 2 is 1.85 bits per heavy atom. The molecule has 0 aliphatic carbocycles. The molecule has 0 saturated carbocycles. The zero-order chi connectivity index (χ0) is 14.8. The second kappa shape index (κ2) is 6.26. The van der Waals surface area contributed by atoms with Gasteiger partial charge in [0.2, 0.25) is 0 Å². The summed E-state index contributed by atoms with van der Waals surface area (Å²) in [7, 11) is -3.16. The Labute approximate surface area is 128 Å². The van der Waals surface area contributed by atoms with E-state index in [0.717, 1.165) is 21.3 Å². The number of benzene rings is 1. The van der Waals surface area contributed by atoms with Crippen LogP contribution in [0.25, 0.3) is 0 Å². The minimum atomic E-state index is -3.16. The van der Waals surface area contributed by atoms with Gasteiger partial charge in [-0.25, -0.2) is 8.42 Å². The number of sulfone groups is 1. The van der Waals surface area contributed by atoms with Crippen molar-refractivity contribution in [2.24, 2.45) is 0 Å². The van der Waals surface area contributed by atoms with E-state index in [9.17, 15) is 8.42 Å². The summed E-state index contributed by atoms with van der Waals surface area (Å²) >= 11 is 7.51. The van der Waals surface area contributed by atoms with Crippen LogP contribution in [0.4, 0.5) is 0 Å². The number of hydrogen-bond acceptors (Lipinski definition) is 4. The number of halogens is 1. The van der Waals surface area contributed by atoms with Crippen LogP contribution in [0.3, 0.4) is 0 Å². The summed E-state index contributed by atoms with van der Waals surface area (Å²) in [6.45, 7) is 2.85. The van der Waals surface area contributed by atoms with E-state index in [0.29, 0.717) is 4.90 Å². The van der Waals surface area contributed by atoms with Crippen molar-refractivity contribution in [3.8, 4) is 0 Å². The van der Waals surface area contributed by atoms with Crippen molar-refractivity contribution in [1.82, 2.24) is 5.32 Å². The molecule has 0 aliphatic heterocycles. The third-order valence-corrected chi connectivity index (χ3v) is 5.35. The van der Waals surface area contributed by atoms with E-state index in [2.05, 4.69) is 5.32 Å². The molecule has 1 aromatic carbocycles. The fourth-order valence-corrected chi connectivity index (χ4v) is 3.77. The van der Waals surface area contributed by atoms with Crippen LogP contribution in [0.2, 0.25) is 4.34 Å². The molecule has 0 fully saturated rings. The predicted molar refractivity (Wildman–Crippen MR) is 84.4 cm³/mol. The summed E-state index contributed by atoms with van der Waals surface area (Å²) in [5, 5.41) is 3.39. The largest absolute Gasteiger partial charge is 0.306 e. The van der Waals surface area contributed by atoms with Gasteiger partial charge >= 0.3 is 0 Å². The predicted octanol–water partition coefficient (Wildman–Crippen LogP) is 3.50. The van der Waals surface area contributed by atoms with Gasteiger partial charge in [0.15, 0.2) is 9.84 Å². The van der Waals surface area contributed by atoms with Crippen molar-refractivity contribution >= 4 is 32.8 Å². The van der Waals surface area contributed by atoms with Gasteiger partial charge in [0.05, 0.1) is 15.3 Å². The quantitative estimate of drug-likeness (QED) is 0.913. The molecule has 108 valence electrons. The highest BCUT2D eigenvalue weighted by Crippen LogP contribution is 2.31. The number of rotatable bonds is 5. The maximum absolute atomic E-state index is 11.5. The van der Waals surface area contributed by atoms with Crippen LogP contribution >= 0.6 is 22.9 Å². The Balaban J connectivity index is 2.35. The number of thiophene rings is 1. The van der Waals surface area contributed by atoms with Gasteiger partial charge in [0, 0.05) is 11.1 Å². The molecular weight excluding hydrogens is 314 g/mol. The summed E-state index contributed by atoms with van der Waals surface area (Å²) in [4.78, 5) is 1.45. The summed E-state index contributed by atoms with van der Waals surface area (Å²) in [6.07, 6.45) is 1.21. The second-order valence-corrected chi connectivity index (χ2v) is 8.24. The van der Waals surface area contributed by atoms with Crippen LogP contribution in [0.1, 0.15) is 23.4 Å². The molecule has 0 saturated heterocycles. The lowest BCUT2D eigenvalue weighted by atomic mass is 10.1. The average Bonchev–Trinajstić information content (AvgIpc) is 2.81. The molecular formula is C14H16ClNO2S2. The Hall–Kier alpha value is -0.880. The Bertz CT molecular complexity index is 677.